The molecule has 0 bridgehead atoms. The Kier molecular flexibility index (Phi) is 5.86. The maximum absolute atomic E-state index is 12.8. The van der Waals surface area contributed by atoms with Crippen LogP contribution in [0.3, 0.4) is 0 Å². The minimum Gasteiger partial charge on any atom is -0.492 e. The lowest BCUT2D eigenvalue weighted by Crippen LogP contribution is -2.22. The summed E-state index contributed by atoms with van der Waals surface area (Å²) in [5, 5.41) is 3.29. The molecule has 0 saturated carbocycles. The predicted octanol–water partition coefficient (Wildman–Crippen LogP) is 2.90. The summed E-state index contributed by atoms with van der Waals surface area (Å²) in [5.74, 6) is 0.546. The average molecular weight is 225 g/mol. The van der Waals surface area contributed by atoms with E-state index in [9.17, 15) is 4.39 Å². The van der Waals surface area contributed by atoms with Gasteiger partial charge in [0, 0.05) is 6.54 Å². The summed E-state index contributed by atoms with van der Waals surface area (Å²) >= 11 is 0. The number of nitrogens with one attached hydrogen (secondary N) is 1. The molecule has 0 aromatic heterocycles. The molecule has 3 heteroatoms. The third-order valence-corrected chi connectivity index (χ3v) is 2.38. The molecular weight excluding hydrogens is 205 g/mol. The molecule has 0 aliphatic carbocycles. The van der Waals surface area contributed by atoms with E-state index in [4.69, 9.17) is 4.74 Å². The van der Waals surface area contributed by atoms with Crippen LogP contribution >= 0.6 is 0 Å². The van der Waals surface area contributed by atoms with Gasteiger partial charge in [-0.2, -0.15) is 0 Å². The fourth-order valence-electron chi connectivity index (χ4n) is 1.43. The van der Waals surface area contributed by atoms with Crippen LogP contribution in [0.5, 0.6) is 5.75 Å². The van der Waals surface area contributed by atoms with Gasteiger partial charge >= 0.3 is 0 Å². The Balaban J connectivity index is 2.21. The first-order chi connectivity index (χ1) is 7.74. The van der Waals surface area contributed by atoms with Crippen LogP contribution in [-0.2, 0) is 0 Å². The molecule has 0 atom stereocenters. The Bertz CT molecular complexity index is 315. The first-order valence-corrected chi connectivity index (χ1v) is 5.83. The molecule has 0 heterocycles. The van der Waals surface area contributed by atoms with Crippen molar-refractivity contribution in [3.05, 3.63) is 29.6 Å². The SMILES string of the molecule is CCCCNCCOc1ccc(F)cc1C. The first-order valence-electron chi connectivity index (χ1n) is 5.83. The molecular formula is C13H20FNO. The molecule has 0 amide bonds. The topological polar surface area (TPSA) is 21.3 Å². The van der Waals surface area contributed by atoms with Gasteiger partial charge in [-0.3, -0.25) is 0 Å². The van der Waals surface area contributed by atoms with Crippen LogP contribution in [0.2, 0.25) is 0 Å². The van der Waals surface area contributed by atoms with Crippen molar-refractivity contribution in [1.82, 2.24) is 5.32 Å². The van der Waals surface area contributed by atoms with E-state index >= 15 is 0 Å². The first kappa shape index (κ1) is 13.0. The van der Waals surface area contributed by atoms with Gasteiger partial charge in [-0.05, 0) is 43.7 Å². The lowest BCUT2D eigenvalue weighted by atomic mass is 10.2. The number of hydrogen-bond donors (Lipinski definition) is 1. The monoisotopic (exact) mass is 225 g/mol. The summed E-state index contributed by atoms with van der Waals surface area (Å²) in [4.78, 5) is 0. The van der Waals surface area contributed by atoms with Crippen molar-refractivity contribution >= 4 is 0 Å². The third-order valence-electron chi connectivity index (χ3n) is 2.38. The van der Waals surface area contributed by atoms with Crippen molar-refractivity contribution in [3.8, 4) is 5.75 Å². The molecule has 16 heavy (non-hydrogen) atoms. The van der Waals surface area contributed by atoms with Gasteiger partial charge in [-0.1, -0.05) is 13.3 Å². The second-order valence-corrected chi connectivity index (χ2v) is 3.86. The minimum atomic E-state index is -0.217. The van der Waals surface area contributed by atoms with E-state index in [-0.39, 0.29) is 5.82 Å². The number of ether oxygens (including phenoxy) is 1. The van der Waals surface area contributed by atoms with Gasteiger partial charge in [-0.15, -0.1) is 0 Å². The minimum absolute atomic E-state index is 0.217. The number of aryl methyl sites for hydroxylation is 1. The van der Waals surface area contributed by atoms with Gasteiger partial charge in [0.15, 0.2) is 0 Å². The molecule has 1 aromatic carbocycles. The Labute approximate surface area is 96.8 Å². The summed E-state index contributed by atoms with van der Waals surface area (Å²) in [6.07, 6.45) is 2.39. The summed E-state index contributed by atoms with van der Waals surface area (Å²) in [5.41, 5.74) is 0.841. The number of benzene rings is 1. The number of unbranched alkanes of at least 4 members (excludes halogenated alkanes) is 1. The van der Waals surface area contributed by atoms with Crippen molar-refractivity contribution in [2.75, 3.05) is 19.7 Å². The van der Waals surface area contributed by atoms with Crippen LogP contribution < -0.4 is 10.1 Å². The van der Waals surface area contributed by atoms with E-state index in [0.717, 1.165) is 24.4 Å². The fourth-order valence-corrected chi connectivity index (χ4v) is 1.43. The van der Waals surface area contributed by atoms with Gasteiger partial charge in [0.2, 0.25) is 0 Å². The smallest absolute Gasteiger partial charge is 0.123 e. The maximum Gasteiger partial charge on any atom is 0.123 e. The molecule has 0 aliphatic rings. The van der Waals surface area contributed by atoms with E-state index in [1.54, 1.807) is 6.07 Å². The molecule has 0 unspecified atom stereocenters. The largest absolute Gasteiger partial charge is 0.492 e. The molecule has 1 aromatic rings. The summed E-state index contributed by atoms with van der Waals surface area (Å²) in [6, 6.07) is 4.59. The van der Waals surface area contributed by atoms with Crippen molar-refractivity contribution in [3.63, 3.8) is 0 Å². The predicted molar refractivity (Wildman–Crippen MR) is 64.4 cm³/mol. The third kappa shape index (κ3) is 4.62. The van der Waals surface area contributed by atoms with Crippen LogP contribution in [0.1, 0.15) is 25.3 Å². The Morgan fingerprint density at radius 3 is 2.81 bits per heavy atom. The molecule has 1 rings (SSSR count). The van der Waals surface area contributed by atoms with Crippen molar-refractivity contribution in [2.24, 2.45) is 0 Å². The van der Waals surface area contributed by atoms with Crippen molar-refractivity contribution < 1.29 is 9.13 Å². The highest BCUT2D eigenvalue weighted by Gasteiger charge is 2.00. The standard InChI is InChI=1S/C13H20FNO/c1-3-4-7-15-8-9-16-13-6-5-12(14)10-11(13)2/h5-6,10,15H,3-4,7-9H2,1-2H3. The number of halogens is 1. The fraction of sp³-hybridized carbons (Fsp3) is 0.538. The van der Waals surface area contributed by atoms with E-state index in [2.05, 4.69) is 12.2 Å². The Morgan fingerprint density at radius 2 is 2.12 bits per heavy atom. The highest BCUT2D eigenvalue weighted by atomic mass is 19.1. The van der Waals surface area contributed by atoms with E-state index in [1.165, 1.54) is 25.0 Å². The van der Waals surface area contributed by atoms with Crippen LogP contribution in [0, 0.1) is 12.7 Å². The van der Waals surface area contributed by atoms with Gasteiger partial charge in [-0.25, -0.2) is 4.39 Å². The molecule has 1 N–H and O–H groups in total. The second-order valence-electron chi connectivity index (χ2n) is 3.86. The average Bonchev–Trinajstić information content (AvgIpc) is 2.26. The van der Waals surface area contributed by atoms with Gasteiger partial charge < -0.3 is 10.1 Å². The van der Waals surface area contributed by atoms with Crippen LogP contribution in [0.25, 0.3) is 0 Å². The Hall–Kier alpha value is -1.09. The quantitative estimate of drug-likeness (QED) is 0.720. The van der Waals surface area contributed by atoms with Gasteiger partial charge in [0.05, 0.1) is 0 Å². The highest BCUT2D eigenvalue weighted by Crippen LogP contribution is 2.17. The molecule has 0 fully saturated rings. The molecule has 0 saturated heterocycles. The van der Waals surface area contributed by atoms with Crippen molar-refractivity contribution in [2.45, 2.75) is 26.7 Å². The zero-order valence-corrected chi connectivity index (χ0v) is 10.1. The lowest BCUT2D eigenvalue weighted by molar-refractivity contribution is 0.311. The van der Waals surface area contributed by atoms with Crippen molar-refractivity contribution in [1.29, 1.82) is 0 Å². The second kappa shape index (κ2) is 7.23. The highest BCUT2D eigenvalue weighted by molar-refractivity contribution is 5.32. The van der Waals surface area contributed by atoms with Gasteiger partial charge in [0.25, 0.3) is 0 Å². The molecule has 0 spiro atoms. The summed E-state index contributed by atoms with van der Waals surface area (Å²) in [6.45, 7) is 6.50. The zero-order valence-electron chi connectivity index (χ0n) is 10.1. The van der Waals surface area contributed by atoms with Crippen LogP contribution in [0.4, 0.5) is 4.39 Å². The normalized spacial score (nSPS) is 10.4. The van der Waals surface area contributed by atoms with Gasteiger partial charge in [0.1, 0.15) is 18.2 Å². The molecule has 0 aliphatic heterocycles. The molecule has 2 nitrogen and oxygen atoms in total. The summed E-state index contributed by atoms with van der Waals surface area (Å²) in [7, 11) is 0. The van der Waals surface area contributed by atoms with E-state index < -0.39 is 0 Å². The van der Waals surface area contributed by atoms with Crippen LogP contribution in [-0.4, -0.2) is 19.7 Å². The number of hydrogen-bond acceptors (Lipinski definition) is 2. The number of rotatable bonds is 7. The zero-order chi connectivity index (χ0) is 11.8. The molecule has 90 valence electrons. The summed E-state index contributed by atoms with van der Waals surface area (Å²) < 4.78 is 18.4. The van der Waals surface area contributed by atoms with Crippen LogP contribution in [0.15, 0.2) is 18.2 Å². The lowest BCUT2D eigenvalue weighted by Gasteiger charge is -2.09. The Morgan fingerprint density at radius 1 is 1.31 bits per heavy atom. The maximum atomic E-state index is 12.8. The molecule has 0 radical (unpaired) electrons. The van der Waals surface area contributed by atoms with E-state index in [0.29, 0.717) is 6.61 Å². The van der Waals surface area contributed by atoms with E-state index in [1.807, 2.05) is 6.92 Å².